The zero-order valence-corrected chi connectivity index (χ0v) is 9.89. The topological polar surface area (TPSA) is 73.7 Å². The van der Waals surface area contributed by atoms with Gasteiger partial charge in [-0.1, -0.05) is 0 Å². The van der Waals surface area contributed by atoms with Crippen LogP contribution in [-0.4, -0.2) is 52.3 Å². The molecule has 5 nitrogen and oxygen atoms in total. The summed E-state index contributed by atoms with van der Waals surface area (Å²) in [5.74, 6) is -0.593. The van der Waals surface area contributed by atoms with E-state index in [1.54, 1.807) is 0 Å². The van der Waals surface area contributed by atoms with Crippen LogP contribution in [0.3, 0.4) is 0 Å². The van der Waals surface area contributed by atoms with Gasteiger partial charge in [-0.2, -0.15) is 13.2 Å². The van der Waals surface area contributed by atoms with Crippen molar-refractivity contribution in [2.45, 2.75) is 6.18 Å². The van der Waals surface area contributed by atoms with Crippen LogP contribution in [0.4, 0.5) is 13.2 Å². The Bertz CT molecular complexity index is 414. The Kier molecular flexibility index (Phi) is 5.25. The Morgan fingerprint density at radius 2 is 1.79 bits per heavy atom. The van der Waals surface area contributed by atoms with Gasteiger partial charge in [0.25, 0.3) is 5.91 Å². The van der Waals surface area contributed by atoms with E-state index in [2.05, 4.69) is 4.98 Å². The summed E-state index contributed by atoms with van der Waals surface area (Å²) in [4.78, 5) is 16.2. The number of hydrogen-bond donors (Lipinski definition) is 2. The number of halogens is 3. The average Bonchev–Trinajstić information content (AvgIpc) is 2.37. The number of amides is 1. The molecule has 0 aliphatic rings. The number of carbonyl (C=O) groups excluding carboxylic acids is 1. The van der Waals surface area contributed by atoms with Gasteiger partial charge < -0.3 is 15.1 Å². The van der Waals surface area contributed by atoms with Gasteiger partial charge >= 0.3 is 6.18 Å². The molecule has 1 heterocycles. The monoisotopic (exact) mass is 278 g/mol. The summed E-state index contributed by atoms with van der Waals surface area (Å²) < 4.78 is 36.9. The second-order valence-corrected chi connectivity index (χ2v) is 3.67. The number of carbonyl (C=O) groups is 1. The van der Waals surface area contributed by atoms with E-state index < -0.39 is 17.8 Å². The molecule has 0 saturated heterocycles. The number of hydrogen-bond acceptors (Lipinski definition) is 4. The van der Waals surface area contributed by atoms with Crippen LogP contribution in [0.25, 0.3) is 0 Å². The molecule has 0 atom stereocenters. The molecule has 0 aromatic carbocycles. The van der Waals surface area contributed by atoms with Gasteiger partial charge in [-0.15, -0.1) is 0 Å². The fourth-order valence-corrected chi connectivity index (χ4v) is 1.43. The van der Waals surface area contributed by atoms with Gasteiger partial charge in [0, 0.05) is 19.3 Å². The number of aliphatic hydroxyl groups excluding tert-OH is 2. The maximum atomic E-state index is 12.3. The maximum Gasteiger partial charge on any atom is 0.433 e. The van der Waals surface area contributed by atoms with E-state index in [0.717, 1.165) is 17.2 Å². The first-order valence-corrected chi connectivity index (χ1v) is 5.44. The maximum absolute atomic E-state index is 12.3. The molecule has 0 saturated carbocycles. The number of pyridine rings is 1. The van der Waals surface area contributed by atoms with Crippen molar-refractivity contribution in [3.63, 3.8) is 0 Å². The first-order chi connectivity index (χ1) is 8.90. The average molecular weight is 278 g/mol. The highest BCUT2D eigenvalue weighted by Crippen LogP contribution is 2.27. The van der Waals surface area contributed by atoms with Gasteiger partial charge in [-0.05, 0) is 12.1 Å². The number of nitrogens with zero attached hydrogens (tertiary/aromatic N) is 2. The van der Waals surface area contributed by atoms with E-state index in [4.69, 9.17) is 10.2 Å². The number of aromatic nitrogens is 1. The lowest BCUT2D eigenvalue weighted by molar-refractivity contribution is -0.141. The quantitative estimate of drug-likeness (QED) is 0.824. The number of aliphatic hydroxyl groups is 2. The highest BCUT2D eigenvalue weighted by Gasteiger charge is 2.32. The van der Waals surface area contributed by atoms with Crippen LogP contribution >= 0.6 is 0 Å². The van der Waals surface area contributed by atoms with E-state index >= 15 is 0 Å². The fourth-order valence-electron chi connectivity index (χ4n) is 1.43. The molecule has 0 bridgehead atoms. The van der Waals surface area contributed by atoms with Crippen LogP contribution < -0.4 is 0 Å². The van der Waals surface area contributed by atoms with E-state index in [-0.39, 0.29) is 31.9 Å². The molecule has 2 N–H and O–H groups in total. The Hall–Kier alpha value is -1.67. The molecule has 0 unspecified atom stereocenters. The molecule has 0 aliphatic carbocycles. The normalized spacial score (nSPS) is 11.4. The van der Waals surface area contributed by atoms with E-state index in [0.29, 0.717) is 6.07 Å². The standard InChI is InChI=1S/C11H13F3N2O3/c12-11(13,14)9-2-1-8(7-15-9)10(19)16(3-5-17)4-6-18/h1-2,7,17-18H,3-6H2. The summed E-state index contributed by atoms with van der Waals surface area (Å²) >= 11 is 0. The van der Waals surface area contributed by atoms with Gasteiger partial charge in [-0.25, -0.2) is 0 Å². The van der Waals surface area contributed by atoms with Gasteiger partial charge in [0.15, 0.2) is 0 Å². The highest BCUT2D eigenvalue weighted by molar-refractivity contribution is 5.93. The van der Waals surface area contributed by atoms with Crippen molar-refractivity contribution in [1.29, 1.82) is 0 Å². The van der Waals surface area contributed by atoms with Crippen LogP contribution in [0.2, 0.25) is 0 Å². The van der Waals surface area contributed by atoms with Crippen LogP contribution in [0.5, 0.6) is 0 Å². The summed E-state index contributed by atoms with van der Waals surface area (Å²) in [5, 5.41) is 17.5. The fraction of sp³-hybridized carbons (Fsp3) is 0.455. The van der Waals surface area contributed by atoms with Crippen LogP contribution in [0.1, 0.15) is 16.1 Å². The predicted molar refractivity (Wildman–Crippen MR) is 59.3 cm³/mol. The van der Waals surface area contributed by atoms with Crippen molar-refractivity contribution in [2.75, 3.05) is 26.3 Å². The summed E-state index contributed by atoms with van der Waals surface area (Å²) in [6, 6.07) is 1.73. The molecule has 1 aromatic heterocycles. The summed E-state index contributed by atoms with van der Waals surface area (Å²) in [6.45, 7) is -0.638. The Balaban J connectivity index is 2.87. The minimum Gasteiger partial charge on any atom is -0.395 e. The summed E-state index contributed by atoms with van der Waals surface area (Å²) in [6.07, 6.45) is -3.73. The number of alkyl halides is 3. The van der Waals surface area contributed by atoms with E-state index in [1.807, 2.05) is 0 Å². The molecule has 0 radical (unpaired) electrons. The van der Waals surface area contributed by atoms with Crippen molar-refractivity contribution >= 4 is 5.91 Å². The highest BCUT2D eigenvalue weighted by atomic mass is 19.4. The Morgan fingerprint density at radius 1 is 1.21 bits per heavy atom. The zero-order valence-electron chi connectivity index (χ0n) is 9.89. The lowest BCUT2D eigenvalue weighted by atomic mass is 10.2. The minimum absolute atomic E-state index is 0.0135. The molecule has 106 valence electrons. The Labute approximate surface area is 107 Å². The molecule has 0 aliphatic heterocycles. The minimum atomic E-state index is -4.56. The van der Waals surface area contributed by atoms with Crippen molar-refractivity contribution < 1.29 is 28.2 Å². The first-order valence-electron chi connectivity index (χ1n) is 5.44. The van der Waals surface area contributed by atoms with Crippen molar-refractivity contribution in [3.05, 3.63) is 29.6 Å². The van der Waals surface area contributed by atoms with Crippen LogP contribution in [0.15, 0.2) is 18.3 Å². The third kappa shape index (κ3) is 4.18. The van der Waals surface area contributed by atoms with Crippen molar-refractivity contribution in [3.8, 4) is 0 Å². The summed E-state index contributed by atoms with van der Waals surface area (Å²) in [5.41, 5.74) is -1.12. The SMILES string of the molecule is O=C(c1ccc(C(F)(F)F)nc1)N(CCO)CCO. The molecule has 1 rings (SSSR count). The Morgan fingerprint density at radius 3 is 2.16 bits per heavy atom. The van der Waals surface area contributed by atoms with Crippen LogP contribution in [-0.2, 0) is 6.18 Å². The lowest BCUT2D eigenvalue weighted by Crippen LogP contribution is -2.36. The molecule has 0 fully saturated rings. The molecule has 8 heteroatoms. The largest absolute Gasteiger partial charge is 0.433 e. The molecular weight excluding hydrogens is 265 g/mol. The lowest BCUT2D eigenvalue weighted by Gasteiger charge is -2.20. The van der Waals surface area contributed by atoms with Crippen molar-refractivity contribution in [2.24, 2.45) is 0 Å². The summed E-state index contributed by atoms with van der Waals surface area (Å²) in [7, 11) is 0. The smallest absolute Gasteiger partial charge is 0.395 e. The van der Waals surface area contributed by atoms with E-state index in [1.165, 1.54) is 0 Å². The third-order valence-corrected chi connectivity index (χ3v) is 2.33. The van der Waals surface area contributed by atoms with Gasteiger partial charge in [0.2, 0.25) is 0 Å². The molecular formula is C11H13F3N2O3. The third-order valence-electron chi connectivity index (χ3n) is 2.33. The number of rotatable bonds is 5. The van der Waals surface area contributed by atoms with Gasteiger partial charge in [0.05, 0.1) is 18.8 Å². The second kappa shape index (κ2) is 6.48. The molecule has 0 spiro atoms. The zero-order chi connectivity index (χ0) is 14.5. The second-order valence-electron chi connectivity index (χ2n) is 3.67. The molecule has 1 aromatic rings. The van der Waals surface area contributed by atoms with Crippen LogP contribution in [0, 0.1) is 0 Å². The molecule has 1 amide bonds. The van der Waals surface area contributed by atoms with Gasteiger partial charge in [0.1, 0.15) is 5.69 Å². The van der Waals surface area contributed by atoms with Crippen molar-refractivity contribution in [1.82, 2.24) is 9.88 Å². The van der Waals surface area contributed by atoms with E-state index in [9.17, 15) is 18.0 Å². The predicted octanol–water partition coefficient (Wildman–Crippen LogP) is 0.527. The first kappa shape index (κ1) is 15.4. The van der Waals surface area contributed by atoms with Gasteiger partial charge in [-0.3, -0.25) is 9.78 Å². The molecule has 19 heavy (non-hydrogen) atoms.